The lowest BCUT2D eigenvalue weighted by atomic mass is 10.00. The molecule has 0 saturated heterocycles. The molecule has 34 heavy (non-hydrogen) atoms. The van der Waals surface area contributed by atoms with Gasteiger partial charge in [-0.3, -0.25) is 9.59 Å². The smallest absolute Gasteiger partial charge is 0.243 e. The summed E-state index contributed by atoms with van der Waals surface area (Å²) in [5.41, 5.74) is 5.64. The fourth-order valence-electron chi connectivity index (χ4n) is 4.15. The average molecular weight is 457 g/mol. The number of carbonyl (C=O) groups excluding carboxylic acids is 2. The molecule has 0 aromatic heterocycles. The summed E-state index contributed by atoms with van der Waals surface area (Å²) in [6, 6.07) is 25.9. The predicted octanol–water partition coefficient (Wildman–Crippen LogP) is 5.27. The van der Waals surface area contributed by atoms with Gasteiger partial charge >= 0.3 is 0 Å². The van der Waals surface area contributed by atoms with Crippen LogP contribution in [-0.4, -0.2) is 29.3 Å². The van der Waals surface area contributed by atoms with E-state index in [0.717, 1.165) is 28.7 Å². The highest BCUT2D eigenvalue weighted by atomic mass is 16.2. The summed E-state index contributed by atoms with van der Waals surface area (Å²) in [5.74, 6) is -0.115. The summed E-state index contributed by atoms with van der Waals surface area (Å²) in [6.07, 6.45) is 2.50. The van der Waals surface area contributed by atoms with E-state index in [2.05, 4.69) is 36.5 Å². The van der Waals surface area contributed by atoms with Crippen molar-refractivity contribution in [3.63, 3.8) is 0 Å². The van der Waals surface area contributed by atoms with Crippen LogP contribution in [0.5, 0.6) is 0 Å². The number of amides is 2. The lowest BCUT2D eigenvalue weighted by Gasteiger charge is -2.32. The van der Waals surface area contributed by atoms with Crippen molar-refractivity contribution < 1.29 is 9.59 Å². The number of aryl methyl sites for hydroxylation is 3. The number of likely N-dealkylation sites (N-methyl/N-ethyl adjacent to an activating group) is 1. The third-order valence-corrected chi connectivity index (χ3v) is 6.28. The molecule has 4 nitrogen and oxygen atoms in total. The van der Waals surface area contributed by atoms with Crippen molar-refractivity contribution >= 4 is 11.8 Å². The van der Waals surface area contributed by atoms with Gasteiger partial charge in [-0.15, -0.1) is 0 Å². The van der Waals surface area contributed by atoms with Gasteiger partial charge in [0.15, 0.2) is 0 Å². The maximum absolute atomic E-state index is 13.6. The van der Waals surface area contributed by atoms with Crippen molar-refractivity contribution in [3.8, 4) is 0 Å². The Bertz CT molecular complexity index is 1060. The molecule has 3 aromatic carbocycles. The van der Waals surface area contributed by atoms with Crippen LogP contribution in [0.4, 0.5) is 0 Å². The van der Waals surface area contributed by atoms with Crippen LogP contribution in [0.25, 0.3) is 0 Å². The molecule has 2 amide bonds. The number of nitrogens with one attached hydrogen (secondary N) is 1. The zero-order chi connectivity index (χ0) is 24.3. The molecule has 0 heterocycles. The van der Waals surface area contributed by atoms with E-state index >= 15 is 0 Å². The van der Waals surface area contributed by atoms with E-state index in [-0.39, 0.29) is 11.8 Å². The predicted molar refractivity (Wildman–Crippen MR) is 138 cm³/mol. The Kier molecular flexibility index (Phi) is 9.45. The lowest BCUT2D eigenvalue weighted by molar-refractivity contribution is -0.141. The molecule has 0 aliphatic rings. The average Bonchev–Trinajstić information content (AvgIpc) is 2.86. The summed E-state index contributed by atoms with van der Waals surface area (Å²) >= 11 is 0. The Balaban J connectivity index is 1.87. The molecule has 0 bridgehead atoms. The molecule has 0 aliphatic heterocycles. The summed E-state index contributed by atoms with van der Waals surface area (Å²) in [4.78, 5) is 28.6. The van der Waals surface area contributed by atoms with E-state index in [1.54, 1.807) is 4.90 Å². The second-order valence-corrected chi connectivity index (χ2v) is 8.72. The molecule has 0 spiro atoms. The van der Waals surface area contributed by atoms with Crippen molar-refractivity contribution in [1.29, 1.82) is 0 Å². The minimum absolute atomic E-state index is 0.00462. The van der Waals surface area contributed by atoms with Crippen LogP contribution in [0.1, 0.15) is 48.1 Å². The van der Waals surface area contributed by atoms with Crippen LogP contribution in [-0.2, 0) is 35.4 Å². The summed E-state index contributed by atoms with van der Waals surface area (Å²) in [5, 5.41) is 2.96. The zero-order valence-electron chi connectivity index (χ0n) is 20.6. The number of hydrogen-bond acceptors (Lipinski definition) is 2. The van der Waals surface area contributed by atoms with E-state index in [9.17, 15) is 9.59 Å². The molecular formula is C30H36N2O2. The quantitative estimate of drug-likeness (QED) is 0.428. The molecule has 178 valence electrons. The third kappa shape index (κ3) is 7.05. The van der Waals surface area contributed by atoms with Crippen molar-refractivity contribution in [3.05, 3.63) is 107 Å². The molecule has 3 rings (SSSR count). The summed E-state index contributed by atoms with van der Waals surface area (Å²) in [6.45, 7) is 7.03. The van der Waals surface area contributed by atoms with E-state index in [1.165, 1.54) is 5.56 Å². The van der Waals surface area contributed by atoms with Gasteiger partial charge in [0.05, 0.1) is 0 Å². The molecule has 0 radical (unpaired) electrons. The summed E-state index contributed by atoms with van der Waals surface area (Å²) < 4.78 is 0. The minimum Gasteiger partial charge on any atom is -0.355 e. The first kappa shape index (κ1) is 25.2. The maximum atomic E-state index is 13.6. The number of nitrogens with zero attached hydrogens (tertiary/aromatic N) is 1. The number of benzene rings is 3. The van der Waals surface area contributed by atoms with Gasteiger partial charge < -0.3 is 10.2 Å². The molecule has 3 aromatic rings. The normalized spacial score (nSPS) is 11.6. The van der Waals surface area contributed by atoms with Crippen LogP contribution in [0.2, 0.25) is 0 Å². The van der Waals surface area contributed by atoms with E-state index in [1.807, 2.05) is 68.4 Å². The lowest BCUT2D eigenvalue weighted by Crippen LogP contribution is -2.50. The molecule has 1 N–H and O–H groups in total. The zero-order valence-corrected chi connectivity index (χ0v) is 20.6. The maximum Gasteiger partial charge on any atom is 0.243 e. The summed E-state index contributed by atoms with van der Waals surface area (Å²) in [7, 11) is 0. The van der Waals surface area contributed by atoms with Gasteiger partial charge in [-0.25, -0.2) is 0 Å². The Morgan fingerprint density at radius 2 is 1.47 bits per heavy atom. The van der Waals surface area contributed by atoms with Crippen LogP contribution in [0.15, 0.2) is 78.9 Å². The van der Waals surface area contributed by atoms with E-state index in [0.29, 0.717) is 32.4 Å². The van der Waals surface area contributed by atoms with Gasteiger partial charge in [0, 0.05) is 25.9 Å². The van der Waals surface area contributed by atoms with Crippen molar-refractivity contribution in [1.82, 2.24) is 10.2 Å². The van der Waals surface area contributed by atoms with Gasteiger partial charge in [-0.1, -0.05) is 85.8 Å². The molecule has 0 unspecified atom stereocenters. The Morgan fingerprint density at radius 1 is 0.824 bits per heavy atom. The Hall–Kier alpha value is -3.40. The Labute approximate surface area is 204 Å². The van der Waals surface area contributed by atoms with Crippen LogP contribution in [0, 0.1) is 6.92 Å². The van der Waals surface area contributed by atoms with Gasteiger partial charge in [-0.2, -0.15) is 0 Å². The number of carbonyl (C=O) groups is 2. The highest BCUT2D eigenvalue weighted by Gasteiger charge is 2.30. The van der Waals surface area contributed by atoms with Crippen molar-refractivity contribution in [2.75, 3.05) is 6.54 Å². The Morgan fingerprint density at radius 3 is 2.12 bits per heavy atom. The number of hydrogen-bond donors (Lipinski definition) is 1. The van der Waals surface area contributed by atoms with Crippen LogP contribution >= 0.6 is 0 Å². The van der Waals surface area contributed by atoms with Crippen molar-refractivity contribution in [2.45, 2.75) is 59.0 Å². The molecular weight excluding hydrogens is 420 g/mol. The first-order chi connectivity index (χ1) is 16.5. The van der Waals surface area contributed by atoms with E-state index in [4.69, 9.17) is 0 Å². The SMILES string of the molecule is CCNC(=O)[C@@H](Cc1ccccc1)N(Cc1ccccc1C)C(=O)CCc1ccc(CC)cc1. The van der Waals surface area contributed by atoms with Crippen LogP contribution in [0.3, 0.4) is 0 Å². The topological polar surface area (TPSA) is 49.4 Å². The minimum atomic E-state index is -0.572. The fourth-order valence-corrected chi connectivity index (χ4v) is 4.15. The molecule has 0 saturated carbocycles. The van der Waals surface area contributed by atoms with Gasteiger partial charge in [0.1, 0.15) is 6.04 Å². The monoisotopic (exact) mass is 456 g/mol. The van der Waals surface area contributed by atoms with Gasteiger partial charge in [-0.05, 0) is 54.5 Å². The fraction of sp³-hybridized carbons (Fsp3) is 0.333. The molecule has 1 atom stereocenters. The first-order valence-electron chi connectivity index (χ1n) is 12.2. The molecule has 0 fully saturated rings. The molecule has 4 heteroatoms. The highest BCUT2D eigenvalue weighted by molar-refractivity contribution is 5.88. The highest BCUT2D eigenvalue weighted by Crippen LogP contribution is 2.19. The second kappa shape index (κ2) is 12.7. The van der Waals surface area contributed by atoms with Gasteiger partial charge in [0.2, 0.25) is 11.8 Å². The number of rotatable bonds is 11. The molecule has 0 aliphatic carbocycles. The third-order valence-electron chi connectivity index (χ3n) is 6.28. The van der Waals surface area contributed by atoms with E-state index < -0.39 is 6.04 Å². The first-order valence-corrected chi connectivity index (χ1v) is 12.2. The standard InChI is InChI=1S/C30H36N2O2/c1-4-24-15-17-25(18-16-24)19-20-29(33)32(22-27-14-10-9-11-23(27)3)28(30(34)31-5-2)21-26-12-7-6-8-13-26/h6-18,28H,4-5,19-22H2,1-3H3,(H,31,34)/t28-/m1/s1. The second-order valence-electron chi connectivity index (χ2n) is 8.72. The van der Waals surface area contributed by atoms with Crippen LogP contribution < -0.4 is 5.32 Å². The van der Waals surface area contributed by atoms with Gasteiger partial charge in [0.25, 0.3) is 0 Å². The largest absolute Gasteiger partial charge is 0.355 e. The van der Waals surface area contributed by atoms with Crippen molar-refractivity contribution in [2.24, 2.45) is 0 Å².